The maximum atomic E-state index is 9.78. The van der Waals surface area contributed by atoms with Gasteiger partial charge in [-0.15, -0.1) is 0 Å². The topological polar surface area (TPSA) is 71.0 Å². The molecule has 3 N–H and O–H groups in total. The van der Waals surface area contributed by atoms with Gasteiger partial charge in [-0.1, -0.05) is 18.2 Å². The summed E-state index contributed by atoms with van der Waals surface area (Å²) < 4.78 is 10.7. The summed E-state index contributed by atoms with van der Waals surface area (Å²) in [5.74, 6) is 1.32. The Morgan fingerprint density at radius 2 is 1.95 bits per heavy atom. The number of nitrogens with one attached hydrogen (secondary N) is 1. The fourth-order valence-corrected chi connectivity index (χ4v) is 2.28. The first-order valence-corrected chi connectivity index (χ1v) is 6.78. The Hall–Kier alpha value is -2.40. The van der Waals surface area contributed by atoms with E-state index in [0.717, 1.165) is 17.1 Å². The quantitative estimate of drug-likeness (QED) is 0.754. The molecule has 0 aromatic heterocycles. The number of ether oxygens (including phenoxy) is 2. The zero-order valence-corrected chi connectivity index (χ0v) is 11.7. The van der Waals surface area contributed by atoms with Crippen LogP contribution in [0.2, 0.25) is 0 Å². The van der Waals surface area contributed by atoms with Gasteiger partial charge in [0.1, 0.15) is 0 Å². The Balaban J connectivity index is 1.69. The van der Waals surface area contributed by atoms with E-state index in [2.05, 4.69) is 5.32 Å². The Kier molecular flexibility index (Phi) is 3.58. The van der Waals surface area contributed by atoms with Gasteiger partial charge in [0, 0.05) is 18.2 Å². The molecule has 1 heterocycles. The summed E-state index contributed by atoms with van der Waals surface area (Å²) >= 11 is 0. The van der Waals surface area contributed by atoms with Gasteiger partial charge in [-0.2, -0.15) is 0 Å². The van der Waals surface area contributed by atoms with E-state index in [1.165, 1.54) is 6.07 Å². The summed E-state index contributed by atoms with van der Waals surface area (Å²) in [5, 5.41) is 22.6. The maximum Gasteiger partial charge on any atom is 0.231 e. The summed E-state index contributed by atoms with van der Waals surface area (Å²) in [7, 11) is 0. The highest BCUT2D eigenvalue weighted by Gasteiger charge is 2.16. The van der Waals surface area contributed by atoms with Gasteiger partial charge in [-0.3, -0.25) is 0 Å². The van der Waals surface area contributed by atoms with Gasteiger partial charge >= 0.3 is 0 Å². The lowest BCUT2D eigenvalue weighted by molar-refractivity contribution is 0.174. The van der Waals surface area contributed by atoms with Crippen molar-refractivity contribution in [3.63, 3.8) is 0 Å². The molecule has 1 atom stereocenters. The molecule has 0 saturated carbocycles. The van der Waals surface area contributed by atoms with Crippen LogP contribution in [0.4, 0.5) is 0 Å². The minimum atomic E-state index is -0.106. The standard InChI is InChI=1S/C16H17NO4/c1-10(11-5-6-14-15(7-11)21-9-20-14)17-8-12-3-2-4-13(18)16(12)19/h2-7,10,17-19H,8-9H2,1H3. The molecule has 0 bridgehead atoms. The molecular weight excluding hydrogens is 270 g/mol. The molecule has 0 saturated heterocycles. The number of hydrogen-bond donors (Lipinski definition) is 3. The second-order valence-electron chi connectivity index (χ2n) is 5.00. The fraction of sp³-hybridized carbons (Fsp3) is 0.250. The van der Waals surface area contributed by atoms with Gasteiger partial charge in [0.15, 0.2) is 23.0 Å². The SMILES string of the molecule is CC(NCc1cccc(O)c1O)c1ccc2c(c1)OCO2. The second-order valence-corrected chi connectivity index (χ2v) is 5.00. The van der Waals surface area contributed by atoms with Crippen molar-refractivity contribution < 1.29 is 19.7 Å². The van der Waals surface area contributed by atoms with Crippen molar-refractivity contribution in [2.75, 3.05) is 6.79 Å². The summed E-state index contributed by atoms with van der Waals surface area (Å²) in [5.41, 5.74) is 1.72. The molecule has 3 rings (SSSR count). The normalized spacial score (nSPS) is 14.1. The molecule has 0 fully saturated rings. The molecule has 1 unspecified atom stereocenters. The highest BCUT2D eigenvalue weighted by Crippen LogP contribution is 2.34. The summed E-state index contributed by atoms with van der Waals surface area (Å²) in [6.07, 6.45) is 0. The number of rotatable bonds is 4. The van der Waals surface area contributed by atoms with Gasteiger partial charge < -0.3 is 25.0 Å². The molecule has 2 aromatic rings. The number of aromatic hydroxyl groups is 2. The Labute approximate surface area is 122 Å². The van der Waals surface area contributed by atoms with Gasteiger partial charge in [-0.05, 0) is 30.7 Å². The van der Waals surface area contributed by atoms with E-state index >= 15 is 0 Å². The van der Waals surface area contributed by atoms with E-state index in [1.807, 2.05) is 25.1 Å². The summed E-state index contributed by atoms with van der Waals surface area (Å²) in [6.45, 7) is 2.74. The summed E-state index contributed by atoms with van der Waals surface area (Å²) in [4.78, 5) is 0. The lowest BCUT2D eigenvalue weighted by Gasteiger charge is -2.15. The predicted octanol–water partition coefficient (Wildman–Crippen LogP) is 2.68. The van der Waals surface area contributed by atoms with Crippen molar-refractivity contribution >= 4 is 0 Å². The average Bonchev–Trinajstić information content (AvgIpc) is 2.96. The third-order valence-electron chi connectivity index (χ3n) is 3.59. The van der Waals surface area contributed by atoms with Crippen molar-refractivity contribution in [3.05, 3.63) is 47.5 Å². The minimum absolute atomic E-state index is 0.0706. The molecule has 0 spiro atoms. The average molecular weight is 287 g/mol. The van der Waals surface area contributed by atoms with Gasteiger partial charge in [0.05, 0.1) is 0 Å². The lowest BCUT2D eigenvalue weighted by Crippen LogP contribution is -2.18. The minimum Gasteiger partial charge on any atom is -0.504 e. The molecule has 1 aliphatic rings. The third kappa shape index (κ3) is 2.73. The Morgan fingerprint density at radius 3 is 2.81 bits per heavy atom. The number of benzene rings is 2. The fourth-order valence-electron chi connectivity index (χ4n) is 2.28. The monoisotopic (exact) mass is 287 g/mol. The van der Waals surface area contributed by atoms with Gasteiger partial charge in [0.2, 0.25) is 6.79 Å². The van der Waals surface area contributed by atoms with Crippen molar-refractivity contribution in [1.82, 2.24) is 5.32 Å². The molecule has 2 aromatic carbocycles. The van der Waals surface area contributed by atoms with E-state index < -0.39 is 0 Å². The van der Waals surface area contributed by atoms with Crippen LogP contribution in [0.3, 0.4) is 0 Å². The zero-order chi connectivity index (χ0) is 14.8. The predicted molar refractivity (Wildman–Crippen MR) is 77.6 cm³/mol. The van der Waals surface area contributed by atoms with Crippen LogP contribution >= 0.6 is 0 Å². The van der Waals surface area contributed by atoms with Crippen LogP contribution in [0.1, 0.15) is 24.1 Å². The highest BCUT2D eigenvalue weighted by atomic mass is 16.7. The van der Waals surface area contributed by atoms with E-state index in [1.54, 1.807) is 12.1 Å². The number of phenolic OH excluding ortho intramolecular Hbond substituents is 2. The van der Waals surface area contributed by atoms with Crippen LogP contribution in [0.5, 0.6) is 23.0 Å². The maximum absolute atomic E-state index is 9.78. The van der Waals surface area contributed by atoms with E-state index in [-0.39, 0.29) is 24.3 Å². The number of para-hydroxylation sites is 1. The third-order valence-corrected chi connectivity index (χ3v) is 3.59. The zero-order valence-electron chi connectivity index (χ0n) is 11.7. The first-order chi connectivity index (χ1) is 10.1. The molecule has 0 radical (unpaired) electrons. The molecule has 110 valence electrons. The smallest absolute Gasteiger partial charge is 0.231 e. The lowest BCUT2D eigenvalue weighted by atomic mass is 10.1. The van der Waals surface area contributed by atoms with Crippen molar-refractivity contribution in [1.29, 1.82) is 0 Å². The van der Waals surface area contributed by atoms with E-state index in [9.17, 15) is 10.2 Å². The first-order valence-electron chi connectivity index (χ1n) is 6.78. The van der Waals surface area contributed by atoms with Crippen LogP contribution in [0.25, 0.3) is 0 Å². The van der Waals surface area contributed by atoms with Crippen LogP contribution < -0.4 is 14.8 Å². The Morgan fingerprint density at radius 1 is 1.14 bits per heavy atom. The van der Waals surface area contributed by atoms with Crippen LogP contribution in [-0.4, -0.2) is 17.0 Å². The molecule has 0 amide bonds. The van der Waals surface area contributed by atoms with E-state index in [0.29, 0.717) is 12.1 Å². The first kappa shape index (κ1) is 13.6. The summed E-state index contributed by atoms with van der Waals surface area (Å²) in [6, 6.07) is 10.8. The molecular formula is C16H17NO4. The number of fused-ring (bicyclic) bond motifs is 1. The molecule has 1 aliphatic heterocycles. The number of hydrogen-bond acceptors (Lipinski definition) is 5. The van der Waals surface area contributed by atoms with Gasteiger partial charge in [0.25, 0.3) is 0 Å². The van der Waals surface area contributed by atoms with E-state index in [4.69, 9.17) is 9.47 Å². The Bertz CT molecular complexity index is 657. The van der Waals surface area contributed by atoms with Crippen LogP contribution in [0.15, 0.2) is 36.4 Å². The highest BCUT2D eigenvalue weighted by molar-refractivity contribution is 5.46. The molecule has 21 heavy (non-hydrogen) atoms. The largest absolute Gasteiger partial charge is 0.504 e. The van der Waals surface area contributed by atoms with Crippen molar-refractivity contribution in [2.24, 2.45) is 0 Å². The van der Waals surface area contributed by atoms with Crippen molar-refractivity contribution in [3.8, 4) is 23.0 Å². The number of phenols is 2. The van der Waals surface area contributed by atoms with Crippen LogP contribution in [0, 0.1) is 0 Å². The molecule has 5 heteroatoms. The second kappa shape index (κ2) is 5.54. The van der Waals surface area contributed by atoms with Crippen LogP contribution in [-0.2, 0) is 6.54 Å². The van der Waals surface area contributed by atoms with Crippen molar-refractivity contribution in [2.45, 2.75) is 19.5 Å². The molecule has 5 nitrogen and oxygen atoms in total. The van der Waals surface area contributed by atoms with Gasteiger partial charge in [-0.25, -0.2) is 0 Å². The molecule has 0 aliphatic carbocycles.